The Balaban J connectivity index is 0.000000798. The highest BCUT2D eigenvalue weighted by Gasteiger charge is 2.49. The van der Waals surface area contributed by atoms with Crippen LogP contribution in [0.1, 0.15) is 47.0 Å². The highest BCUT2D eigenvalue weighted by Crippen LogP contribution is 2.35. The second-order valence-electron chi connectivity index (χ2n) is 9.96. The Labute approximate surface area is 225 Å². The number of aromatic nitrogens is 4. The minimum atomic E-state index is -1.82. The predicted octanol–water partition coefficient (Wildman–Crippen LogP) is 0.801. The summed E-state index contributed by atoms with van der Waals surface area (Å²) in [6, 6.07) is 9.27. The van der Waals surface area contributed by atoms with Crippen LogP contribution >= 0.6 is 0 Å². The molecule has 1 aliphatic rings. The number of rotatable bonds is 7. The van der Waals surface area contributed by atoms with Crippen LogP contribution in [0.2, 0.25) is 0 Å². The van der Waals surface area contributed by atoms with E-state index in [9.17, 15) is 14.4 Å². The van der Waals surface area contributed by atoms with Crippen LogP contribution < -0.4 is 10.6 Å². The molecule has 39 heavy (non-hydrogen) atoms. The minimum Gasteiger partial charge on any atom is -0.473 e. The van der Waals surface area contributed by atoms with Gasteiger partial charge in [-0.15, -0.1) is 0 Å². The molecule has 14 nitrogen and oxygen atoms in total. The SMILES string of the molecule is CCC(=O)N(c1ccccc1)C1(C(=O)OC)CCN(CCn2nnn(C(C)(C)C)c2=O)CC1.O=C(O)C(=O)O. The summed E-state index contributed by atoms with van der Waals surface area (Å²) in [5.41, 5.74) is -1.06. The Morgan fingerprint density at radius 2 is 1.56 bits per heavy atom. The first-order valence-electron chi connectivity index (χ1n) is 12.5. The van der Waals surface area contributed by atoms with Crippen molar-refractivity contribution in [2.45, 2.75) is 64.6 Å². The third-order valence-corrected chi connectivity index (χ3v) is 6.33. The Morgan fingerprint density at radius 1 is 1.00 bits per heavy atom. The van der Waals surface area contributed by atoms with E-state index in [1.165, 1.54) is 16.5 Å². The Morgan fingerprint density at radius 3 is 2.00 bits per heavy atom. The number of aliphatic carboxylic acids is 2. The number of anilines is 1. The number of ether oxygens (including phenoxy) is 1. The second kappa shape index (κ2) is 13.1. The van der Waals surface area contributed by atoms with Crippen molar-refractivity contribution in [1.82, 2.24) is 24.7 Å². The van der Waals surface area contributed by atoms with Gasteiger partial charge in [0, 0.05) is 31.7 Å². The average molecular weight is 549 g/mol. The predicted molar refractivity (Wildman–Crippen MR) is 139 cm³/mol. The smallest absolute Gasteiger partial charge is 0.414 e. The summed E-state index contributed by atoms with van der Waals surface area (Å²) in [6.45, 7) is 9.65. The van der Waals surface area contributed by atoms with Gasteiger partial charge in [0.25, 0.3) is 0 Å². The number of piperidine rings is 1. The molecule has 1 fully saturated rings. The number of hydrogen-bond acceptors (Lipinski definition) is 9. The van der Waals surface area contributed by atoms with E-state index in [2.05, 4.69) is 15.3 Å². The van der Waals surface area contributed by atoms with Crippen molar-refractivity contribution < 1.29 is 34.1 Å². The quantitative estimate of drug-likeness (QED) is 0.369. The van der Waals surface area contributed by atoms with Crippen molar-refractivity contribution >= 4 is 29.5 Å². The molecular weight excluding hydrogens is 512 g/mol. The van der Waals surface area contributed by atoms with Gasteiger partial charge in [-0.3, -0.25) is 9.69 Å². The first-order valence-corrected chi connectivity index (χ1v) is 12.5. The van der Waals surface area contributed by atoms with Gasteiger partial charge in [-0.05, 0) is 56.2 Å². The van der Waals surface area contributed by atoms with Gasteiger partial charge in [-0.25, -0.2) is 19.2 Å². The second-order valence-corrected chi connectivity index (χ2v) is 9.96. The van der Waals surface area contributed by atoms with Gasteiger partial charge in [-0.1, -0.05) is 25.1 Å². The summed E-state index contributed by atoms with van der Waals surface area (Å²) in [6.07, 6.45) is 1.15. The zero-order valence-corrected chi connectivity index (χ0v) is 22.9. The third-order valence-electron chi connectivity index (χ3n) is 6.33. The summed E-state index contributed by atoms with van der Waals surface area (Å²) < 4.78 is 7.93. The van der Waals surface area contributed by atoms with Crippen molar-refractivity contribution in [3.05, 3.63) is 40.8 Å². The first-order chi connectivity index (χ1) is 18.3. The molecule has 1 aromatic heterocycles. The van der Waals surface area contributed by atoms with Gasteiger partial charge in [0.1, 0.15) is 5.54 Å². The lowest BCUT2D eigenvalue weighted by Crippen LogP contribution is -2.62. The number of likely N-dealkylation sites (tertiary alicyclic amines) is 1. The standard InChI is InChI=1S/C23H34N6O4.C2H2O4/c1-6-19(30)28(18-10-8-7-9-11-18)23(20(31)33-5)12-14-26(15-13-23)16-17-27-21(32)29(25-24-27)22(2,3)4;3-1(4)2(5)6/h7-11H,6,12-17H2,1-5H3;(H,3,4)(H,5,6). The van der Waals surface area contributed by atoms with E-state index in [1.54, 1.807) is 11.8 Å². The maximum absolute atomic E-state index is 13.1. The van der Waals surface area contributed by atoms with Gasteiger partial charge in [-0.2, -0.15) is 9.36 Å². The van der Waals surface area contributed by atoms with Crippen LogP contribution in [0.15, 0.2) is 35.1 Å². The molecule has 1 amide bonds. The molecular formula is C25H36N6O8. The lowest BCUT2D eigenvalue weighted by molar-refractivity contribution is -0.159. The van der Waals surface area contributed by atoms with Crippen LogP contribution in [0.4, 0.5) is 5.69 Å². The number of amides is 1. The van der Waals surface area contributed by atoms with Gasteiger partial charge in [0.15, 0.2) is 0 Å². The van der Waals surface area contributed by atoms with Crippen molar-refractivity contribution in [2.75, 3.05) is 31.6 Å². The van der Waals surface area contributed by atoms with Crippen molar-refractivity contribution in [1.29, 1.82) is 0 Å². The molecule has 1 aromatic carbocycles. The fourth-order valence-corrected chi connectivity index (χ4v) is 4.29. The van der Waals surface area contributed by atoms with Gasteiger partial charge in [0.05, 0.1) is 19.2 Å². The molecule has 0 bridgehead atoms. The highest BCUT2D eigenvalue weighted by atomic mass is 16.5. The summed E-state index contributed by atoms with van der Waals surface area (Å²) in [5, 5.41) is 22.8. The zero-order valence-electron chi connectivity index (χ0n) is 22.9. The lowest BCUT2D eigenvalue weighted by atomic mass is 9.84. The molecule has 2 aromatic rings. The molecule has 2 N–H and O–H groups in total. The number of nitrogens with zero attached hydrogens (tertiary/aromatic N) is 6. The Hall–Kier alpha value is -4.07. The molecule has 14 heteroatoms. The fraction of sp³-hybridized carbons (Fsp3) is 0.560. The molecule has 0 radical (unpaired) electrons. The molecule has 0 aliphatic carbocycles. The molecule has 1 aliphatic heterocycles. The molecule has 2 heterocycles. The van der Waals surface area contributed by atoms with Crippen LogP contribution in [0, 0.1) is 0 Å². The number of tetrazole rings is 1. The summed E-state index contributed by atoms with van der Waals surface area (Å²) >= 11 is 0. The Kier molecular flexibility index (Phi) is 10.5. The summed E-state index contributed by atoms with van der Waals surface area (Å²) in [7, 11) is 1.36. The van der Waals surface area contributed by atoms with Crippen LogP contribution in [-0.4, -0.2) is 91.0 Å². The zero-order chi connectivity index (χ0) is 29.4. The number of carboxylic acid groups (broad SMARTS) is 2. The van der Waals surface area contributed by atoms with E-state index in [0.29, 0.717) is 44.7 Å². The van der Waals surface area contributed by atoms with Crippen LogP contribution in [0.3, 0.4) is 0 Å². The molecule has 214 valence electrons. The van der Waals surface area contributed by atoms with Crippen molar-refractivity contribution in [3.63, 3.8) is 0 Å². The largest absolute Gasteiger partial charge is 0.473 e. The third kappa shape index (κ3) is 7.50. The van der Waals surface area contributed by atoms with Gasteiger partial charge in [0.2, 0.25) is 5.91 Å². The van der Waals surface area contributed by atoms with E-state index in [-0.39, 0.29) is 18.0 Å². The Bertz CT molecular complexity index is 1200. The normalized spacial score (nSPS) is 15.0. The lowest BCUT2D eigenvalue weighted by Gasteiger charge is -2.46. The number of methoxy groups -OCH3 is 1. The number of esters is 1. The van der Waals surface area contributed by atoms with E-state index >= 15 is 0 Å². The number of carboxylic acids is 2. The van der Waals surface area contributed by atoms with Gasteiger partial charge < -0.3 is 19.8 Å². The monoisotopic (exact) mass is 548 g/mol. The molecule has 0 spiro atoms. The van der Waals surface area contributed by atoms with E-state index in [4.69, 9.17) is 24.5 Å². The van der Waals surface area contributed by atoms with Crippen molar-refractivity contribution in [2.24, 2.45) is 0 Å². The molecule has 3 rings (SSSR count). The first kappa shape index (κ1) is 31.1. The van der Waals surface area contributed by atoms with Crippen LogP contribution in [-0.2, 0) is 36.0 Å². The van der Waals surface area contributed by atoms with Crippen molar-refractivity contribution in [3.8, 4) is 0 Å². The number of benzene rings is 1. The van der Waals surface area contributed by atoms with E-state index in [0.717, 1.165) is 0 Å². The molecule has 1 saturated heterocycles. The summed E-state index contributed by atoms with van der Waals surface area (Å²) in [5.74, 6) is -4.17. The maximum atomic E-state index is 13.1. The fourth-order valence-electron chi connectivity index (χ4n) is 4.29. The van der Waals surface area contributed by atoms with Crippen LogP contribution in [0.25, 0.3) is 0 Å². The number of carbonyl (C=O) groups is 4. The number of hydrogen-bond donors (Lipinski definition) is 2. The average Bonchev–Trinajstić information content (AvgIpc) is 3.29. The number of para-hydroxylation sites is 1. The van der Waals surface area contributed by atoms with Gasteiger partial charge >= 0.3 is 23.6 Å². The minimum absolute atomic E-state index is 0.120. The molecule has 0 atom stereocenters. The number of carbonyl (C=O) groups excluding carboxylic acids is 2. The molecule has 0 saturated carbocycles. The van der Waals surface area contributed by atoms with Crippen LogP contribution in [0.5, 0.6) is 0 Å². The highest BCUT2D eigenvalue weighted by molar-refractivity contribution is 6.27. The maximum Gasteiger partial charge on any atom is 0.414 e. The topological polar surface area (TPSA) is 177 Å². The molecule has 0 unspecified atom stereocenters. The van der Waals surface area contributed by atoms with E-state index in [1.807, 2.05) is 51.1 Å². The summed E-state index contributed by atoms with van der Waals surface area (Å²) in [4.78, 5) is 60.6. The van der Waals surface area contributed by atoms with E-state index < -0.39 is 29.0 Å².